The van der Waals surface area contributed by atoms with Gasteiger partial charge in [0, 0.05) is 0 Å². The molecule has 1 aromatic heterocycles. The third-order valence-corrected chi connectivity index (χ3v) is 1.91. The van der Waals surface area contributed by atoms with Crippen LogP contribution in [0.3, 0.4) is 0 Å². The van der Waals surface area contributed by atoms with Crippen LogP contribution in [-0.4, -0.2) is 35.7 Å². The molecule has 0 saturated heterocycles. The average Bonchev–Trinajstić information content (AvgIpc) is 2.25. The summed E-state index contributed by atoms with van der Waals surface area (Å²) in [6.07, 6.45) is 3.59. The minimum absolute atomic E-state index is 0.0389. The Morgan fingerprint density at radius 2 is 2.47 bits per heavy atom. The van der Waals surface area contributed by atoms with Crippen LogP contribution in [0, 0.1) is 0 Å². The molecule has 1 atom stereocenters. The van der Waals surface area contributed by atoms with Gasteiger partial charge in [-0.1, -0.05) is 0 Å². The minimum atomic E-state index is -0.972. The molecule has 1 unspecified atom stereocenters. The standard InChI is InChI=1S/C9H11BN2O3/c13-9(14)8(12-6-10-15)4-7-2-1-3-11-5-7/h1-3,5,8,12H,4,6H2,(H,13,14). The molecule has 0 amide bonds. The van der Waals surface area contributed by atoms with Crippen molar-refractivity contribution in [2.45, 2.75) is 12.5 Å². The van der Waals surface area contributed by atoms with Gasteiger partial charge in [-0.3, -0.25) is 0 Å². The molecule has 15 heavy (non-hydrogen) atoms. The number of rotatable bonds is 6. The normalized spacial score (nSPS) is 11.7. The molecule has 0 aromatic carbocycles. The Morgan fingerprint density at radius 3 is 3.00 bits per heavy atom. The molecule has 0 aliphatic carbocycles. The fraction of sp³-hybridized carbons (Fsp3) is 0.333. The van der Waals surface area contributed by atoms with Gasteiger partial charge in [-0.2, -0.15) is 0 Å². The van der Waals surface area contributed by atoms with Crippen molar-refractivity contribution in [1.82, 2.24) is 10.3 Å². The second-order valence-electron chi connectivity index (χ2n) is 3.03. The predicted octanol–water partition coefficient (Wildman–Crippen LogP) is -0.326. The fourth-order valence-corrected chi connectivity index (χ4v) is 1.19. The van der Waals surface area contributed by atoms with E-state index in [0.717, 1.165) is 5.56 Å². The van der Waals surface area contributed by atoms with E-state index in [1.165, 1.54) is 0 Å². The molecule has 0 radical (unpaired) electrons. The third kappa shape index (κ3) is 3.99. The van der Waals surface area contributed by atoms with Crippen molar-refractivity contribution in [2.75, 3.05) is 6.44 Å². The Kier molecular flexibility index (Phi) is 4.63. The van der Waals surface area contributed by atoms with Gasteiger partial charge in [0.05, 0.1) is 0 Å². The van der Waals surface area contributed by atoms with Gasteiger partial charge in [0.1, 0.15) is 0 Å². The molecule has 1 aromatic rings. The summed E-state index contributed by atoms with van der Waals surface area (Å²) in [6, 6.07) is 2.79. The number of hydrogen-bond acceptors (Lipinski definition) is 4. The molecule has 1 heterocycles. The summed E-state index contributed by atoms with van der Waals surface area (Å²) in [5.74, 6) is -0.972. The summed E-state index contributed by atoms with van der Waals surface area (Å²) in [5.41, 5.74) is 0.822. The van der Waals surface area contributed by atoms with E-state index in [4.69, 9.17) is 5.11 Å². The summed E-state index contributed by atoms with van der Waals surface area (Å²) < 4.78 is 10.1. The van der Waals surface area contributed by atoms with Crippen LogP contribution in [-0.2, 0) is 15.9 Å². The van der Waals surface area contributed by atoms with E-state index in [-0.39, 0.29) is 6.44 Å². The zero-order valence-corrected chi connectivity index (χ0v) is 8.09. The van der Waals surface area contributed by atoms with E-state index in [0.29, 0.717) is 13.6 Å². The molecule has 6 heteroatoms. The summed E-state index contributed by atoms with van der Waals surface area (Å²) >= 11 is 0. The summed E-state index contributed by atoms with van der Waals surface area (Å²) in [7, 11) is 0.638. The van der Waals surface area contributed by atoms with Gasteiger partial charge >= 0.3 is 87.0 Å². The van der Waals surface area contributed by atoms with Gasteiger partial charge in [0.25, 0.3) is 0 Å². The SMILES string of the molecule is O=BCNC(Cc1cccnc1)C(=O)O. The van der Waals surface area contributed by atoms with E-state index in [1.807, 2.05) is 0 Å². The molecule has 2 N–H and O–H groups in total. The van der Waals surface area contributed by atoms with Gasteiger partial charge in [0.15, 0.2) is 0 Å². The molecular formula is C9H11BN2O3. The number of aromatic nitrogens is 1. The zero-order chi connectivity index (χ0) is 11.1. The quantitative estimate of drug-likeness (QED) is 0.623. The van der Waals surface area contributed by atoms with Gasteiger partial charge in [-0.05, 0) is 0 Å². The van der Waals surface area contributed by atoms with Crippen molar-refractivity contribution >= 4 is 13.1 Å². The molecule has 0 aliphatic heterocycles. The Labute approximate surface area is 87.8 Å². The number of nitrogens with zero attached hydrogens (tertiary/aromatic N) is 1. The first-order valence-electron chi connectivity index (χ1n) is 4.52. The monoisotopic (exact) mass is 206 g/mol. The van der Waals surface area contributed by atoms with Gasteiger partial charge < -0.3 is 0 Å². The van der Waals surface area contributed by atoms with Gasteiger partial charge in [0.2, 0.25) is 0 Å². The summed E-state index contributed by atoms with van der Waals surface area (Å²) in [6.45, 7) is 0. The first-order valence-corrected chi connectivity index (χ1v) is 4.52. The maximum atomic E-state index is 10.8. The Hall–Kier alpha value is -1.56. The van der Waals surface area contributed by atoms with Crippen molar-refractivity contribution < 1.29 is 14.6 Å². The van der Waals surface area contributed by atoms with Crippen LogP contribution < -0.4 is 5.32 Å². The molecule has 0 fully saturated rings. The maximum absolute atomic E-state index is 10.8. The first kappa shape index (κ1) is 11.5. The van der Waals surface area contributed by atoms with Crippen LogP contribution in [0.4, 0.5) is 0 Å². The topological polar surface area (TPSA) is 79.3 Å². The van der Waals surface area contributed by atoms with Crippen molar-refractivity contribution in [3.8, 4) is 0 Å². The molecular weight excluding hydrogens is 195 g/mol. The van der Waals surface area contributed by atoms with Crippen LogP contribution >= 0.6 is 0 Å². The van der Waals surface area contributed by atoms with Crippen molar-refractivity contribution in [3.63, 3.8) is 0 Å². The number of nitrogens with one attached hydrogen (secondary N) is 1. The number of pyridine rings is 1. The van der Waals surface area contributed by atoms with Crippen LogP contribution in [0.2, 0.25) is 0 Å². The second-order valence-corrected chi connectivity index (χ2v) is 3.03. The summed E-state index contributed by atoms with van der Waals surface area (Å²) in [5, 5.41) is 11.5. The van der Waals surface area contributed by atoms with Gasteiger partial charge in [-0.15, -0.1) is 0 Å². The Bertz CT molecular complexity index is 331. The van der Waals surface area contributed by atoms with Gasteiger partial charge in [-0.25, -0.2) is 0 Å². The Morgan fingerprint density at radius 1 is 1.67 bits per heavy atom. The first-order chi connectivity index (χ1) is 7.24. The number of carboxylic acids is 1. The molecule has 78 valence electrons. The summed E-state index contributed by atoms with van der Waals surface area (Å²) in [4.78, 5) is 14.7. The number of carbonyl (C=O) groups is 1. The van der Waals surface area contributed by atoms with E-state index in [1.54, 1.807) is 24.5 Å². The van der Waals surface area contributed by atoms with Crippen molar-refractivity contribution in [1.29, 1.82) is 0 Å². The molecule has 1 rings (SSSR count). The molecule has 5 nitrogen and oxygen atoms in total. The number of aliphatic carboxylic acids is 1. The third-order valence-electron chi connectivity index (χ3n) is 1.91. The molecule has 0 spiro atoms. The molecule has 0 bridgehead atoms. The molecule has 0 aliphatic rings. The van der Waals surface area contributed by atoms with E-state index >= 15 is 0 Å². The predicted molar refractivity (Wildman–Crippen MR) is 53.8 cm³/mol. The number of carboxylic acid groups (broad SMARTS) is 1. The zero-order valence-electron chi connectivity index (χ0n) is 8.09. The van der Waals surface area contributed by atoms with E-state index < -0.39 is 12.0 Å². The van der Waals surface area contributed by atoms with Crippen molar-refractivity contribution in [2.24, 2.45) is 0 Å². The Balaban J connectivity index is 2.58. The average molecular weight is 206 g/mol. The van der Waals surface area contributed by atoms with E-state index in [2.05, 4.69) is 10.3 Å². The van der Waals surface area contributed by atoms with E-state index in [9.17, 15) is 9.50 Å². The van der Waals surface area contributed by atoms with Crippen molar-refractivity contribution in [3.05, 3.63) is 30.1 Å². The second kappa shape index (κ2) is 6.03. The van der Waals surface area contributed by atoms with Crippen LogP contribution in [0.25, 0.3) is 0 Å². The van der Waals surface area contributed by atoms with Crippen LogP contribution in [0.5, 0.6) is 0 Å². The van der Waals surface area contributed by atoms with Crippen LogP contribution in [0.15, 0.2) is 24.5 Å². The van der Waals surface area contributed by atoms with Crippen LogP contribution in [0.1, 0.15) is 5.56 Å². The fourth-order valence-electron chi connectivity index (χ4n) is 1.19. The number of hydrogen-bond donors (Lipinski definition) is 2. The molecule has 0 saturated carbocycles.